The van der Waals surface area contributed by atoms with Crippen LogP contribution in [0.5, 0.6) is 0 Å². The fourth-order valence-electron chi connectivity index (χ4n) is 1.40. The number of hydrogen-bond acceptors (Lipinski definition) is 3. The van der Waals surface area contributed by atoms with Crippen molar-refractivity contribution in [2.24, 2.45) is 0 Å². The molecule has 3 nitrogen and oxygen atoms in total. The van der Waals surface area contributed by atoms with Gasteiger partial charge in [0.2, 0.25) is 0 Å². The van der Waals surface area contributed by atoms with E-state index in [4.69, 9.17) is 9.05 Å². The van der Waals surface area contributed by atoms with Crippen molar-refractivity contribution >= 4 is 7.60 Å². The predicted molar refractivity (Wildman–Crippen MR) is 60.9 cm³/mol. The molecule has 0 saturated heterocycles. The highest BCUT2D eigenvalue weighted by atomic mass is 31.2. The molecule has 1 aromatic carbocycles. The largest absolute Gasteiger partial charge is 0.335 e. The standard InChI is InChI=1S/C11H15F2O3P/c1-3-15-17(14,16-4-2)8-9-7-10(12)5-6-11(9)13/h5-7H,3-4,8H2,1-2H3. The fraction of sp³-hybridized carbons (Fsp3) is 0.455. The van der Waals surface area contributed by atoms with Gasteiger partial charge in [0.1, 0.15) is 11.6 Å². The first kappa shape index (κ1) is 14.3. The molecular weight excluding hydrogens is 249 g/mol. The third-order valence-corrected chi connectivity index (χ3v) is 4.05. The molecular formula is C11H15F2O3P. The first-order chi connectivity index (χ1) is 8.00. The summed E-state index contributed by atoms with van der Waals surface area (Å²) in [7, 11) is -3.39. The highest BCUT2D eigenvalue weighted by Gasteiger charge is 2.25. The van der Waals surface area contributed by atoms with E-state index < -0.39 is 19.2 Å². The van der Waals surface area contributed by atoms with Crippen LogP contribution in [0.25, 0.3) is 0 Å². The molecule has 6 heteroatoms. The van der Waals surface area contributed by atoms with E-state index in [0.717, 1.165) is 18.2 Å². The maximum atomic E-state index is 13.4. The van der Waals surface area contributed by atoms with Crippen LogP contribution in [0.1, 0.15) is 19.4 Å². The molecule has 0 unspecified atom stereocenters. The topological polar surface area (TPSA) is 35.5 Å². The Kier molecular flexibility index (Phi) is 5.25. The summed E-state index contributed by atoms with van der Waals surface area (Å²) in [4.78, 5) is 0. The molecule has 0 radical (unpaired) electrons. The average Bonchev–Trinajstić information content (AvgIpc) is 2.24. The summed E-state index contributed by atoms with van der Waals surface area (Å²) in [6.45, 7) is 3.70. The Bertz CT molecular complexity index is 413. The minimum atomic E-state index is -3.39. The van der Waals surface area contributed by atoms with Gasteiger partial charge in [0.25, 0.3) is 0 Å². The maximum absolute atomic E-state index is 13.4. The third kappa shape index (κ3) is 4.19. The number of rotatable bonds is 6. The van der Waals surface area contributed by atoms with Gasteiger partial charge in [-0.15, -0.1) is 0 Å². The number of hydrogen-bond donors (Lipinski definition) is 0. The summed E-state index contributed by atoms with van der Waals surface area (Å²) < 4.78 is 48.5. The Balaban J connectivity index is 2.93. The molecule has 0 amide bonds. The zero-order chi connectivity index (χ0) is 12.9. The number of halogens is 2. The highest BCUT2D eigenvalue weighted by Crippen LogP contribution is 2.51. The van der Waals surface area contributed by atoms with Crippen molar-refractivity contribution in [2.45, 2.75) is 20.0 Å². The van der Waals surface area contributed by atoms with Crippen molar-refractivity contribution in [3.05, 3.63) is 35.4 Å². The van der Waals surface area contributed by atoms with Crippen LogP contribution in [0, 0.1) is 11.6 Å². The van der Waals surface area contributed by atoms with E-state index in [0.29, 0.717) is 0 Å². The van der Waals surface area contributed by atoms with Crippen LogP contribution in [-0.4, -0.2) is 13.2 Å². The van der Waals surface area contributed by atoms with Crippen LogP contribution in [0.2, 0.25) is 0 Å². The summed E-state index contributed by atoms with van der Waals surface area (Å²) in [5.41, 5.74) is -0.00441. The molecule has 0 aliphatic carbocycles. The van der Waals surface area contributed by atoms with E-state index in [1.165, 1.54) is 0 Å². The molecule has 0 heterocycles. The Morgan fingerprint density at radius 3 is 2.29 bits per heavy atom. The molecule has 0 aliphatic rings. The van der Waals surface area contributed by atoms with Gasteiger partial charge in [-0.1, -0.05) is 0 Å². The Hall–Kier alpha value is -0.770. The lowest BCUT2D eigenvalue weighted by Crippen LogP contribution is -2.01. The van der Waals surface area contributed by atoms with E-state index in [1.807, 2.05) is 0 Å². The van der Waals surface area contributed by atoms with Gasteiger partial charge >= 0.3 is 7.60 Å². The summed E-state index contributed by atoms with van der Waals surface area (Å²) in [6, 6.07) is 3.00. The quantitative estimate of drug-likeness (QED) is 0.734. The molecule has 0 N–H and O–H groups in total. The molecule has 0 aliphatic heterocycles. The molecule has 1 rings (SSSR count). The molecule has 17 heavy (non-hydrogen) atoms. The molecule has 0 aromatic heterocycles. The van der Waals surface area contributed by atoms with Crippen LogP contribution in [-0.2, 0) is 19.8 Å². The summed E-state index contributed by atoms with van der Waals surface area (Å²) in [6.07, 6.45) is -0.266. The van der Waals surface area contributed by atoms with E-state index in [-0.39, 0.29) is 24.9 Å². The van der Waals surface area contributed by atoms with Crippen molar-refractivity contribution < 1.29 is 22.4 Å². The van der Waals surface area contributed by atoms with E-state index in [2.05, 4.69) is 0 Å². The molecule has 0 bridgehead atoms. The van der Waals surface area contributed by atoms with Crippen molar-refractivity contribution in [3.63, 3.8) is 0 Å². The van der Waals surface area contributed by atoms with Crippen molar-refractivity contribution in [1.82, 2.24) is 0 Å². The second-order valence-corrected chi connectivity index (χ2v) is 5.39. The van der Waals surface area contributed by atoms with Crippen molar-refractivity contribution in [2.75, 3.05) is 13.2 Å². The maximum Gasteiger partial charge on any atom is 0.335 e. The van der Waals surface area contributed by atoms with Gasteiger partial charge in [-0.25, -0.2) is 8.78 Å². The minimum absolute atomic E-state index is 0.00441. The van der Waals surface area contributed by atoms with Gasteiger partial charge in [-0.2, -0.15) is 0 Å². The van der Waals surface area contributed by atoms with E-state index in [9.17, 15) is 13.3 Å². The lowest BCUT2D eigenvalue weighted by molar-refractivity contribution is 0.219. The molecule has 0 fully saturated rings. The van der Waals surface area contributed by atoms with Crippen LogP contribution in [0.3, 0.4) is 0 Å². The average molecular weight is 264 g/mol. The minimum Gasteiger partial charge on any atom is -0.309 e. The summed E-state index contributed by atoms with van der Waals surface area (Å²) in [5, 5.41) is 0. The second-order valence-electron chi connectivity index (χ2n) is 3.34. The van der Waals surface area contributed by atoms with Crippen molar-refractivity contribution in [3.8, 4) is 0 Å². The van der Waals surface area contributed by atoms with Crippen molar-refractivity contribution in [1.29, 1.82) is 0 Å². The normalized spacial score (nSPS) is 11.8. The Labute approximate surface area is 99.3 Å². The molecule has 0 atom stereocenters. The van der Waals surface area contributed by atoms with Crippen LogP contribution in [0.15, 0.2) is 18.2 Å². The number of benzene rings is 1. The molecule has 0 spiro atoms. The molecule has 1 aromatic rings. The Morgan fingerprint density at radius 2 is 1.76 bits per heavy atom. The Morgan fingerprint density at radius 1 is 1.18 bits per heavy atom. The zero-order valence-electron chi connectivity index (χ0n) is 9.78. The van der Waals surface area contributed by atoms with Crippen LogP contribution >= 0.6 is 7.60 Å². The second kappa shape index (κ2) is 6.24. The highest BCUT2D eigenvalue weighted by molar-refractivity contribution is 7.53. The first-order valence-electron chi connectivity index (χ1n) is 5.33. The van der Waals surface area contributed by atoms with Gasteiger partial charge in [-0.05, 0) is 32.0 Å². The lowest BCUT2D eigenvalue weighted by Gasteiger charge is -2.17. The fourth-order valence-corrected chi connectivity index (χ4v) is 3.10. The molecule has 96 valence electrons. The molecule has 0 saturated carbocycles. The first-order valence-corrected chi connectivity index (χ1v) is 7.05. The van der Waals surface area contributed by atoms with E-state index in [1.54, 1.807) is 13.8 Å². The van der Waals surface area contributed by atoms with Gasteiger partial charge < -0.3 is 9.05 Å². The monoisotopic (exact) mass is 264 g/mol. The van der Waals surface area contributed by atoms with Crippen LogP contribution in [0.4, 0.5) is 8.78 Å². The lowest BCUT2D eigenvalue weighted by atomic mass is 10.2. The van der Waals surface area contributed by atoms with Gasteiger partial charge in [0.15, 0.2) is 0 Å². The SMILES string of the molecule is CCOP(=O)(Cc1cc(F)ccc1F)OCC. The van der Waals surface area contributed by atoms with Crippen LogP contribution < -0.4 is 0 Å². The van der Waals surface area contributed by atoms with Gasteiger partial charge in [0, 0.05) is 5.56 Å². The smallest absolute Gasteiger partial charge is 0.309 e. The zero-order valence-corrected chi connectivity index (χ0v) is 10.7. The van der Waals surface area contributed by atoms with Gasteiger partial charge in [0.05, 0.1) is 19.4 Å². The summed E-state index contributed by atoms with van der Waals surface area (Å²) >= 11 is 0. The van der Waals surface area contributed by atoms with E-state index >= 15 is 0 Å². The predicted octanol–water partition coefficient (Wildman–Crippen LogP) is 3.73. The van der Waals surface area contributed by atoms with Gasteiger partial charge in [-0.3, -0.25) is 4.57 Å². The summed E-state index contributed by atoms with van der Waals surface area (Å²) in [5.74, 6) is -1.20. The third-order valence-electron chi connectivity index (χ3n) is 2.02.